The number of rotatable bonds is 6. The van der Waals surface area contributed by atoms with Gasteiger partial charge in [0.2, 0.25) is 0 Å². The van der Waals surface area contributed by atoms with Crippen molar-refractivity contribution in [2.75, 3.05) is 33.7 Å². The minimum atomic E-state index is -4.17. The molecule has 0 saturated carbocycles. The number of aromatic nitrogens is 1. The number of likely N-dealkylation sites (N-methyl/N-ethyl adjacent to an activating group) is 1. The first kappa shape index (κ1) is 17.2. The number of guanidine groups is 1. The van der Waals surface area contributed by atoms with Crippen LogP contribution in [0.15, 0.2) is 29.4 Å². The lowest BCUT2D eigenvalue weighted by atomic mass is 10.3. The molecule has 2 N–H and O–H groups in total. The third-order valence-electron chi connectivity index (χ3n) is 2.62. The van der Waals surface area contributed by atoms with E-state index >= 15 is 0 Å². The number of hydrogen-bond donors (Lipinski definition) is 2. The summed E-state index contributed by atoms with van der Waals surface area (Å²) >= 11 is 0. The molecule has 118 valence electrons. The third kappa shape index (κ3) is 8.13. The van der Waals surface area contributed by atoms with Crippen molar-refractivity contribution in [2.45, 2.75) is 12.7 Å². The highest BCUT2D eigenvalue weighted by Gasteiger charge is 2.28. The second kappa shape index (κ2) is 8.46. The number of alkyl halides is 3. The van der Waals surface area contributed by atoms with Gasteiger partial charge >= 0.3 is 6.18 Å². The monoisotopic (exact) mass is 303 g/mol. The second-order valence-electron chi connectivity index (χ2n) is 4.53. The van der Waals surface area contributed by atoms with E-state index in [9.17, 15) is 13.2 Å². The Morgan fingerprint density at radius 3 is 2.67 bits per heavy atom. The van der Waals surface area contributed by atoms with Crippen molar-refractivity contribution in [3.05, 3.63) is 30.1 Å². The first-order valence-corrected chi connectivity index (χ1v) is 6.50. The SMILES string of the molecule is CN=C(NCCN(C)CC(F)(F)F)NCc1ccccn1. The van der Waals surface area contributed by atoms with Crippen LogP contribution in [0.3, 0.4) is 0 Å². The van der Waals surface area contributed by atoms with Crippen LogP contribution in [-0.2, 0) is 6.54 Å². The normalized spacial score (nSPS) is 12.6. The van der Waals surface area contributed by atoms with Gasteiger partial charge in [-0.1, -0.05) is 6.07 Å². The van der Waals surface area contributed by atoms with Crippen LogP contribution in [-0.4, -0.2) is 55.7 Å². The lowest BCUT2D eigenvalue weighted by Crippen LogP contribution is -2.42. The van der Waals surface area contributed by atoms with E-state index in [4.69, 9.17) is 0 Å². The van der Waals surface area contributed by atoms with Crippen LogP contribution in [0.4, 0.5) is 13.2 Å². The lowest BCUT2D eigenvalue weighted by molar-refractivity contribution is -0.142. The number of pyridine rings is 1. The van der Waals surface area contributed by atoms with E-state index in [-0.39, 0.29) is 6.54 Å². The topological polar surface area (TPSA) is 52.6 Å². The van der Waals surface area contributed by atoms with E-state index in [0.717, 1.165) is 5.69 Å². The molecule has 0 fully saturated rings. The van der Waals surface area contributed by atoms with E-state index < -0.39 is 12.7 Å². The molecule has 0 amide bonds. The molecule has 0 aliphatic rings. The van der Waals surface area contributed by atoms with Gasteiger partial charge in [0, 0.05) is 26.3 Å². The van der Waals surface area contributed by atoms with Crippen molar-refractivity contribution in [1.82, 2.24) is 20.5 Å². The summed E-state index contributed by atoms with van der Waals surface area (Å²) in [6.45, 7) is 0.214. The molecule has 1 aromatic heterocycles. The summed E-state index contributed by atoms with van der Waals surface area (Å²) in [7, 11) is 3.03. The fraction of sp³-hybridized carbons (Fsp3) is 0.538. The first-order valence-electron chi connectivity index (χ1n) is 6.50. The average Bonchev–Trinajstić information content (AvgIpc) is 2.41. The van der Waals surface area contributed by atoms with Gasteiger partial charge in [-0.3, -0.25) is 14.9 Å². The van der Waals surface area contributed by atoms with E-state index in [1.54, 1.807) is 13.2 Å². The molecule has 0 unspecified atom stereocenters. The molecule has 8 heteroatoms. The average molecular weight is 303 g/mol. The van der Waals surface area contributed by atoms with Crippen molar-refractivity contribution in [3.8, 4) is 0 Å². The quantitative estimate of drug-likeness (QED) is 0.613. The van der Waals surface area contributed by atoms with Gasteiger partial charge in [-0.2, -0.15) is 13.2 Å². The van der Waals surface area contributed by atoms with Gasteiger partial charge in [-0.15, -0.1) is 0 Å². The van der Waals surface area contributed by atoms with Crippen molar-refractivity contribution in [1.29, 1.82) is 0 Å². The van der Waals surface area contributed by atoms with Crippen molar-refractivity contribution < 1.29 is 13.2 Å². The van der Waals surface area contributed by atoms with Crippen LogP contribution in [0.2, 0.25) is 0 Å². The molecule has 21 heavy (non-hydrogen) atoms. The first-order chi connectivity index (χ1) is 9.90. The Hall–Kier alpha value is -1.83. The zero-order valence-corrected chi connectivity index (χ0v) is 12.1. The molecule has 0 aliphatic heterocycles. The Kier molecular flexibility index (Phi) is 6.93. The molecule has 0 saturated heterocycles. The van der Waals surface area contributed by atoms with Crippen LogP contribution >= 0.6 is 0 Å². The fourth-order valence-electron chi connectivity index (χ4n) is 1.65. The van der Waals surface area contributed by atoms with Gasteiger partial charge in [-0.05, 0) is 19.2 Å². The summed E-state index contributed by atoms with van der Waals surface area (Å²) in [5.74, 6) is 0.529. The number of nitrogens with zero attached hydrogens (tertiary/aromatic N) is 3. The lowest BCUT2D eigenvalue weighted by Gasteiger charge is -2.19. The molecular formula is C13H20F3N5. The van der Waals surface area contributed by atoms with Crippen LogP contribution in [0.5, 0.6) is 0 Å². The van der Waals surface area contributed by atoms with Gasteiger partial charge in [0.05, 0.1) is 18.8 Å². The van der Waals surface area contributed by atoms with Crippen LogP contribution in [0, 0.1) is 0 Å². The minimum Gasteiger partial charge on any atom is -0.355 e. The number of aliphatic imine (C=N–C) groups is 1. The van der Waals surface area contributed by atoms with E-state index in [1.807, 2.05) is 18.2 Å². The summed E-state index contributed by atoms with van der Waals surface area (Å²) in [5, 5.41) is 6.00. The maximum atomic E-state index is 12.2. The molecule has 0 aromatic carbocycles. The Morgan fingerprint density at radius 1 is 1.33 bits per heavy atom. The maximum Gasteiger partial charge on any atom is 0.401 e. The summed E-state index contributed by atoms with van der Waals surface area (Å²) in [4.78, 5) is 9.36. The molecule has 0 atom stereocenters. The molecule has 0 aliphatic carbocycles. The fourth-order valence-corrected chi connectivity index (χ4v) is 1.65. The molecule has 1 heterocycles. The number of halogens is 3. The predicted octanol–water partition coefficient (Wildman–Crippen LogP) is 1.24. The second-order valence-corrected chi connectivity index (χ2v) is 4.53. The highest BCUT2D eigenvalue weighted by atomic mass is 19.4. The van der Waals surface area contributed by atoms with Gasteiger partial charge < -0.3 is 10.6 Å². The molecule has 0 bridgehead atoms. The largest absolute Gasteiger partial charge is 0.401 e. The Bertz CT molecular complexity index is 433. The van der Waals surface area contributed by atoms with Gasteiger partial charge in [0.15, 0.2) is 5.96 Å². The Labute approximate surface area is 122 Å². The van der Waals surface area contributed by atoms with E-state index in [0.29, 0.717) is 19.0 Å². The van der Waals surface area contributed by atoms with Crippen molar-refractivity contribution >= 4 is 5.96 Å². The maximum absolute atomic E-state index is 12.2. The third-order valence-corrected chi connectivity index (χ3v) is 2.62. The highest BCUT2D eigenvalue weighted by molar-refractivity contribution is 5.79. The Balaban J connectivity index is 2.26. The molecule has 5 nitrogen and oxygen atoms in total. The molecule has 1 aromatic rings. The summed E-state index contributed by atoms with van der Waals surface area (Å²) < 4.78 is 36.5. The van der Waals surface area contributed by atoms with Gasteiger partial charge in [0.25, 0.3) is 0 Å². The summed E-state index contributed by atoms with van der Waals surface area (Å²) in [5.41, 5.74) is 0.856. The van der Waals surface area contributed by atoms with Crippen LogP contribution in [0.1, 0.15) is 5.69 Å². The van der Waals surface area contributed by atoms with Crippen LogP contribution < -0.4 is 10.6 Å². The Morgan fingerprint density at radius 2 is 2.10 bits per heavy atom. The zero-order chi connectivity index (χ0) is 15.7. The number of hydrogen-bond acceptors (Lipinski definition) is 3. The van der Waals surface area contributed by atoms with E-state index in [2.05, 4.69) is 20.6 Å². The molecule has 1 rings (SSSR count). The molecule has 0 spiro atoms. The standard InChI is InChI=1S/C13H20F3N5/c1-17-12(20-9-11-5-3-4-6-18-11)19-7-8-21(2)10-13(14,15)16/h3-6H,7-10H2,1-2H3,(H2,17,19,20). The smallest absolute Gasteiger partial charge is 0.355 e. The van der Waals surface area contributed by atoms with Crippen molar-refractivity contribution in [2.24, 2.45) is 4.99 Å². The molecule has 0 radical (unpaired) electrons. The van der Waals surface area contributed by atoms with E-state index in [1.165, 1.54) is 11.9 Å². The zero-order valence-electron chi connectivity index (χ0n) is 12.1. The van der Waals surface area contributed by atoms with Gasteiger partial charge in [-0.25, -0.2) is 0 Å². The summed E-state index contributed by atoms with van der Waals surface area (Å²) in [6.07, 6.45) is -2.48. The van der Waals surface area contributed by atoms with Crippen LogP contribution in [0.25, 0.3) is 0 Å². The highest BCUT2D eigenvalue weighted by Crippen LogP contribution is 2.14. The number of nitrogens with one attached hydrogen (secondary N) is 2. The van der Waals surface area contributed by atoms with Gasteiger partial charge in [0.1, 0.15) is 0 Å². The molecular weight excluding hydrogens is 283 g/mol. The minimum absolute atomic E-state index is 0.268. The summed E-state index contributed by atoms with van der Waals surface area (Å²) in [6, 6.07) is 5.58. The van der Waals surface area contributed by atoms with Crippen molar-refractivity contribution in [3.63, 3.8) is 0 Å². The predicted molar refractivity (Wildman–Crippen MR) is 76.0 cm³/mol.